The number of pyridine rings is 1. The lowest BCUT2D eigenvalue weighted by atomic mass is 10.0. The highest BCUT2D eigenvalue weighted by Crippen LogP contribution is 2.42. The molecule has 4 rings (SSSR count). The molecule has 0 aliphatic heterocycles. The van der Waals surface area contributed by atoms with Crippen LogP contribution in [0.4, 0.5) is 4.79 Å². The Morgan fingerprint density at radius 1 is 0.872 bits per heavy atom. The molecule has 0 radical (unpaired) electrons. The molecule has 47 heavy (non-hydrogen) atoms. The van der Waals surface area contributed by atoms with E-state index < -0.39 is 32.1 Å². The Labute approximate surface area is 277 Å². The Kier molecular flexibility index (Phi) is 10.7. The normalized spacial score (nSPS) is 12.9. The predicted molar refractivity (Wildman–Crippen MR) is 186 cm³/mol. The van der Waals surface area contributed by atoms with Crippen molar-refractivity contribution in [3.63, 3.8) is 0 Å². The number of aromatic carboxylic acids is 1. The number of amides is 1. The highest BCUT2D eigenvalue weighted by Gasteiger charge is 2.41. The number of carbonyl (C=O) groups is 2. The number of fused-ring (bicyclic) bond motifs is 1. The zero-order chi connectivity index (χ0) is 34.6. The topological polar surface area (TPSA) is 118 Å². The van der Waals surface area contributed by atoms with Gasteiger partial charge in [0.05, 0.1) is 23.7 Å². The smallest absolute Gasteiger partial charge is 0.410 e. The number of nitrogens with zero attached hydrogens (tertiary/aromatic N) is 1. The van der Waals surface area contributed by atoms with Gasteiger partial charge in [0.1, 0.15) is 18.0 Å². The van der Waals surface area contributed by atoms with Gasteiger partial charge >= 0.3 is 12.1 Å². The van der Waals surface area contributed by atoms with Crippen molar-refractivity contribution in [2.75, 3.05) is 6.54 Å². The maximum absolute atomic E-state index is 13.7. The third kappa shape index (κ3) is 9.33. The van der Waals surface area contributed by atoms with Crippen LogP contribution in [0, 0.1) is 0 Å². The minimum Gasteiger partial charge on any atom is -0.487 e. The average Bonchev–Trinajstić information content (AvgIpc) is 2.98. The summed E-state index contributed by atoms with van der Waals surface area (Å²) < 4.78 is 19.1. The van der Waals surface area contributed by atoms with Crippen molar-refractivity contribution < 1.29 is 28.6 Å². The number of hydrogen-bond acceptors (Lipinski definition) is 6. The number of carbonyl (C=O) groups excluding carboxylic acids is 1. The number of hydrogen-bond donors (Lipinski definition) is 2. The molecule has 1 atom stereocenters. The van der Waals surface area contributed by atoms with E-state index in [1.54, 1.807) is 23.1 Å². The molecule has 3 aromatic carbocycles. The van der Waals surface area contributed by atoms with E-state index in [4.69, 9.17) is 13.9 Å². The number of benzene rings is 3. The molecule has 1 aromatic heterocycles. The fourth-order valence-electron chi connectivity index (χ4n) is 4.82. The van der Waals surface area contributed by atoms with Gasteiger partial charge in [0.2, 0.25) is 5.56 Å². The number of nitrogens with one attached hydrogen (secondary N) is 1. The SMILES string of the molecule is CC(C)(C)OC(=O)N(Cc1ccc(C(=O)O)cc1)CC(O[Si](C)(C)C(C)(C)C)c1ccc(OCc2ccccc2)c2[nH]c(=O)ccc12. The summed E-state index contributed by atoms with van der Waals surface area (Å²) in [5.74, 6) is -0.497. The van der Waals surface area contributed by atoms with Crippen LogP contribution in [0.1, 0.15) is 74.7 Å². The number of H-pyrrole nitrogens is 1. The summed E-state index contributed by atoms with van der Waals surface area (Å²) in [5.41, 5.74) is 2.22. The van der Waals surface area contributed by atoms with Crippen LogP contribution in [0.2, 0.25) is 18.1 Å². The van der Waals surface area contributed by atoms with Crippen LogP contribution in [0.15, 0.2) is 83.7 Å². The van der Waals surface area contributed by atoms with Crippen LogP contribution in [-0.4, -0.2) is 47.5 Å². The lowest BCUT2D eigenvalue weighted by molar-refractivity contribution is 0.0137. The van der Waals surface area contributed by atoms with Gasteiger partial charge in [0.15, 0.2) is 8.32 Å². The number of rotatable bonds is 11. The summed E-state index contributed by atoms with van der Waals surface area (Å²) in [4.78, 5) is 42.3. The number of aromatic nitrogens is 1. The van der Waals surface area contributed by atoms with Crippen LogP contribution in [-0.2, 0) is 22.3 Å². The minimum absolute atomic E-state index is 0.139. The molecule has 0 saturated carbocycles. The lowest BCUT2D eigenvalue weighted by Crippen LogP contribution is -2.45. The number of ether oxygens (including phenoxy) is 2. The van der Waals surface area contributed by atoms with Crippen LogP contribution < -0.4 is 10.3 Å². The molecular weight excluding hydrogens is 613 g/mol. The average molecular weight is 659 g/mol. The van der Waals surface area contributed by atoms with Crippen LogP contribution in [0.5, 0.6) is 5.75 Å². The summed E-state index contributed by atoms with van der Waals surface area (Å²) in [6.07, 6.45) is -1.12. The van der Waals surface area contributed by atoms with E-state index in [0.717, 1.165) is 22.1 Å². The Balaban J connectivity index is 1.80. The van der Waals surface area contributed by atoms with Crippen molar-refractivity contribution in [3.05, 3.63) is 111 Å². The molecule has 0 aliphatic carbocycles. The van der Waals surface area contributed by atoms with Gasteiger partial charge < -0.3 is 28.9 Å². The monoisotopic (exact) mass is 658 g/mol. The first-order valence-electron chi connectivity index (χ1n) is 15.7. The summed E-state index contributed by atoms with van der Waals surface area (Å²) >= 11 is 0. The summed E-state index contributed by atoms with van der Waals surface area (Å²) in [6, 6.07) is 23.2. The number of carboxylic acid groups (broad SMARTS) is 1. The first-order chi connectivity index (χ1) is 21.9. The van der Waals surface area contributed by atoms with E-state index in [0.29, 0.717) is 17.9 Å². The molecule has 0 spiro atoms. The fraction of sp³-hybridized carbons (Fsp3) is 0.378. The Hall–Kier alpha value is -4.41. The predicted octanol–water partition coefficient (Wildman–Crippen LogP) is 8.31. The second-order valence-corrected chi connectivity index (χ2v) is 19.0. The molecule has 1 amide bonds. The molecule has 1 unspecified atom stereocenters. The Morgan fingerprint density at radius 3 is 2.13 bits per heavy atom. The number of aromatic amines is 1. The van der Waals surface area contributed by atoms with Crippen molar-refractivity contribution in [2.24, 2.45) is 0 Å². The molecule has 250 valence electrons. The Morgan fingerprint density at radius 2 is 1.53 bits per heavy atom. The lowest BCUT2D eigenvalue weighted by Gasteiger charge is -2.41. The van der Waals surface area contributed by atoms with E-state index in [9.17, 15) is 19.5 Å². The van der Waals surface area contributed by atoms with Crippen LogP contribution in [0.25, 0.3) is 10.9 Å². The van der Waals surface area contributed by atoms with Gasteiger partial charge in [-0.1, -0.05) is 69.3 Å². The van der Waals surface area contributed by atoms with Gasteiger partial charge in [-0.25, -0.2) is 9.59 Å². The summed E-state index contributed by atoms with van der Waals surface area (Å²) in [6.45, 7) is 16.8. The second-order valence-electron chi connectivity index (χ2n) is 14.3. The molecule has 9 nitrogen and oxygen atoms in total. The Bertz CT molecular complexity index is 1750. The van der Waals surface area contributed by atoms with Crippen molar-refractivity contribution >= 4 is 31.3 Å². The first kappa shape index (κ1) is 35.4. The highest BCUT2D eigenvalue weighted by molar-refractivity contribution is 6.74. The highest BCUT2D eigenvalue weighted by atomic mass is 28.4. The molecule has 0 bridgehead atoms. The molecule has 4 aromatic rings. The fourth-order valence-corrected chi connectivity index (χ4v) is 6.09. The molecule has 1 heterocycles. The maximum Gasteiger partial charge on any atom is 0.410 e. The van der Waals surface area contributed by atoms with Crippen molar-refractivity contribution in [3.8, 4) is 5.75 Å². The first-order valence-corrected chi connectivity index (χ1v) is 18.6. The van der Waals surface area contributed by atoms with Gasteiger partial charge in [-0.15, -0.1) is 0 Å². The van der Waals surface area contributed by atoms with E-state index >= 15 is 0 Å². The van der Waals surface area contributed by atoms with Crippen molar-refractivity contribution in [2.45, 2.75) is 84.5 Å². The van der Waals surface area contributed by atoms with Gasteiger partial charge in [-0.2, -0.15) is 0 Å². The molecule has 0 saturated heterocycles. The maximum atomic E-state index is 13.7. The van der Waals surface area contributed by atoms with E-state index in [2.05, 4.69) is 38.8 Å². The summed E-state index contributed by atoms with van der Waals surface area (Å²) in [7, 11) is -2.43. The third-order valence-corrected chi connectivity index (χ3v) is 12.8. The molecule has 0 fully saturated rings. The third-order valence-electron chi connectivity index (χ3n) is 8.33. The second kappa shape index (κ2) is 14.1. The summed E-state index contributed by atoms with van der Waals surface area (Å²) in [5, 5.41) is 9.98. The van der Waals surface area contributed by atoms with E-state index in [1.165, 1.54) is 18.2 Å². The molecular formula is C37H46N2O7Si. The van der Waals surface area contributed by atoms with Crippen molar-refractivity contribution in [1.29, 1.82) is 0 Å². The quantitative estimate of drug-likeness (QED) is 0.156. The van der Waals surface area contributed by atoms with Crippen LogP contribution >= 0.6 is 0 Å². The van der Waals surface area contributed by atoms with Crippen molar-refractivity contribution in [1.82, 2.24) is 9.88 Å². The molecule has 2 N–H and O–H groups in total. The van der Waals surface area contributed by atoms with E-state index in [1.807, 2.05) is 63.2 Å². The zero-order valence-corrected chi connectivity index (χ0v) is 29.5. The van der Waals surface area contributed by atoms with Gasteiger partial charge in [0, 0.05) is 18.0 Å². The van der Waals surface area contributed by atoms with Gasteiger partial charge in [0.25, 0.3) is 0 Å². The minimum atomic E-state index is -2.43. The van der Waals surface area contributed by atoms with Gasteiger partial charge in [-0.05, 0) is 79.9 Å². The number of carboxylic acids is 1. The standard InChI is InChI=1S/C37H46N2O7Si/c1-36(2,3)45-35(43)39(22-25-14-16-27(17-15-25)34(41)42)23-31(46-47(7,8)37(4,5)6)28-18-20-30(33-29(28)19-21-32(40)38-33)44-24-26-12-10-9-11-13-26/h9-21,31H,22-24H2,1-8H3,(H,38,40)(H,41,42). The largest absolute Gasteiger partial charge is 0.487 e. The molecule has 10 heteroatoms. The van der Waals surface area contributed by atoms with Crippen LogP contribution in [0.3, 0.4) is 0 Å². The molecule has 0 aliphatic rings. The van der Waals surface area contributed by atoms with Gasteiger partial charge in [-0.3, -0.25) is 4.79 Å². The zero-order valence-electron chi connectivity index (χ0n) is 28.5. The van der Waals surface area contributed by atoms with E-state index in [-0.39, 0.29) is 29.3 Å².